The van der Waals surface area contributed by atoms with Gasteiger partial charge in [-0.15, -0.1) is 0 Å². The molecule has 2 N–H and O–H groups in total. The van der Waals surface area contributed by atoms with Gasteiger partial charge in [0.25, 0.3) is 5.89 Å². The Morgan fingerprint density at radius 1 is 1.06 bits per heavy atom. The van der Waals surface area contributed by atoms with Gasteiger partial charge in [0.1, 0.15) is 5.82 Å². The molecule has 1 unspecified atom stereocenters. The van der Waals surface area contributed by atoms with Crippen molar-refractivity contribution in [1.29, 1.82) is 0 Å². The number of piperidine rings is 1. The molecule has 1 saturated carbocycles. The maximum absolute atomic E-state index is 11.0. The monoisotopic (exact) mass is 421 g/mol. The summed E-state index contributed by atoms with van der Waals surface area (Å²) in [4.78, 5) is 11.6. The minimum Gasteiger partial charge on any atom is -0.390 e. The van der Waals surface area contributed by atoms with Crippen molar-refractivity contribution >= 4 is 16.7 Å². The van der Waals surface area contributed by atoms with E-state index in [4.69, 9.17) is 9.51 Å². The largest absolute Gasteiger partial charge is 0.390 e. The molecule has 5 rings (SSSR count). The van der Waals surface area contributed by atoms with E-state index in [1.54, 1.807) is 0 Å². The van der Waals surface area contributed by atoms with E-state index in [0.29, 0.717) is 24.3 Å². The van der Waals surface area contributed by atoms with Gasteiger partial charge in [-0.05, 0) is 51.3 Å². The molecule has 1 aliphatic carbocycles. The Morgan fingerprint density at radius 3 is 2.65 bits per heavy atom. The number of benzene rings is 1. The highest BCUT2D eigenvalue weighted by Crippen LogP contribution is 2.33. The number of β-amino-alcohol motifs (C(OH)–C–C–N with tert-alkyl or cyclic N) is 1. The average Bonchev–Trinajstić information content (AvgIpc) is 3.21. The molecule has 7 nitrogen and oxygen atoms in total. The highest BCUT2D eigenvalue weighted by atomic mass is 16.5. The summed E-state index contributed by atoms with van der Waals surface area (Å²) in [6, 6.07) is 9.00. The van der Waals surface area contributed by atoms with Crippen LogP contribution in [0.1, 0.15) is 49.9 Å². The predicted molar refractivity (Wildman–Crippen MR) is 121 cm³/mol. The van der Waals surface area contributed by atoms with Gasteiger partial charge in [0.05, 0.1) is 17.2 Å². The van der Waals surface area contributed by atoms with E-state index >= 15 is 0 Å². The number of rotatable bonds is 4. The van der Waals surface area contributed by atoms with Crippen LogP contribution in [0.15, 0.2) is 28.8 Å². The first-order valence-corrected chi connectivity index (χ1v) is 11.5. The van der Waals surface area contributed by atoms with Crippen LogP contribution in [0.2, 0.25) is 0 Å². The molecule has 1 saturated heterocycles. The van der Waals surface area contributed by atoms with Crippen LogP contribution in [0.3, 0.4) is 0 Å². The van der Waals surface area contributed by atoms with Crippen LogP contribution in [-0.2, 0) is 0 Å². The Hall–Kier alpha value is -2.51. The second-order valence-electron chi connectivity index (χ2n) is 9.11. The minimum absolute atomic E-state index is 0.136. The number of aromatic nitrogens is 3. The van der Waals surface area contributed by atoms with Gasteiger partial charge in [-0.3, -0.25) is 0 Å². The SMILES string of the molecule is Cc1ccc2nc(N3CCC(NC4CCCCC4)[C@H](O)C3)c(-c3nc(C)no3)cc2c1. The number of nitrogens with zero attached hydrogens (tertiary/aromatic N) is 4. The summed E-state index contributed by atoms with van der Waals surface area (Å²) in [5, 5.41) is 19.7. The number of fused-ring (bicyclic) bond motifs is 1. The third-order valence-electron chi connectivity index (χ3n) is 6.64. The lowest BCUT2D eigenvalue weighted by Crippen LogP contribution is -2.55. The molecule has 1 aromatic carbocycles. The standard InChI is InChI=1S/C24H31N5O2/c1-15-8-9-20-17(12-15)13-19(24-25-16(2)28-31-24)23(27-20)29-11-10-21(22(30)14-29)26-18-6-4-3-5-7-18/h8-9,12-13,18,21-22,26,30H,3-7,10-11,14H2,1-2H3/t21?,22-/m1/s1. The van der Waals surface area contributed by atoms with E-state index in [9.17, 15) is 5.11 Å². The first kappa shape index (κ1) is 20.4. The van der Waals surface area contributed by atoms with Crippen LogP contribution in [-0.4, -0.2) is 51.5 Å². The molecule has 31 heavy (non-hydrogen) atoms. The molecule has 2 atom stereocenters. The summed E-state index contributed by atoms with van der Waals surface area (Å²) in [5.41, 5.74) is 2.93. The fraction of sp³-hybridized carbons (Fsp3) is 0.542. The van der Waals surface area contributed by atoms with Gasteiger partial charge in [0.2, 0.25) is 0 Å². The zero-order chi connectivity index (χ0) is 21.4. The second kappa shape index (κ2) is 8.55. The maximum atomic E-state index is 11.0. The van der Waals surface area contributed by atoms with E-state index in [1.807, 2.05) is 13.0 Å². The van der Waals surface area contributed by atoms with E-state index in [1.165, 1.54) is 37.7 Å². The van der Waals surface area contributed by atoms with Crippen molar-refractivity contribution in [1.82, 2.24) is 20.4 Å². The molecule has 7 heteroatoms. The van der Waals surface area contributed by atoms with Gasteiger partial charge in [0, 0.05) is 30.6 Å². The molecular weight excluding hydrogens is 390 g/mol. The van der Waals surface area contributed by atoms with Crippen LogP contribution < -0.4 is 10.2 Å². The van der Waals surface area contributed by atoms with Gasteiger partial charge in [-0.1, -0.05) is 36.0 Å². The lowest BCUT2D eigenvalue weighted by atomic mass is 9.92. The second-order valence-corrected chi connectivity index (χ2v) is 9.11. The van der Waals surface area contributed by atoms with E-state index in [2.05, 4.69) is 45.5 Å². The lowest BCUT2D eigenvalue weighted by Gasteiger charge is -2.39. The number of hydrogen-bond acceptors (Lipinski definition) is 7. The third-order valence-corrected chi connectivity index (χ3v) is 6.64. The molecule has 0 radical (unpaired) electrons. The van der Waals surface area contributed by atoms with Gasteiger partial charge in [0.15, 0.2) is 5.82 Å². The molecular formula is C24H31N5O2. The van der Waals surface area contributed by atoms with E-state index in [-0.39, 0.29) is 6.04 Å². The molecule has 0 spiro atoms. The summed E-state index contributed by atoms with van der Waals surface area (Å²) >= 11 is 0. The number of nitrogens with one attached hydrogen (secondary N) is 1. The first-order valence-electron chi connectivity index (χ1n) is 11.5. The predicted octanol–water partition coefficient (Wildman–Crippen LogP) is 3.76. The Kier molecular flexibility index (Phi) is 5.63. The molecule has 2 aromatic heterocycles. The smallest absolute Gasteiger partial charge is 0.261 e. The van der Waals surface area contributed by atoms with Crippen LogP contribution in [0.25, 0.3) is 22.4 Å². The summed E-state index contributed by atoms with van der Waals surface area (Å²) < 4.78 is 5.51. The molecule has 2 aliphatic rings. The quantitative estimate of drug-likeness (QED) is 0.663. The molecule has 164 valence electrons. The molecule has 3 heterocycles. The third kappa shape index (κ3) is 4.29. The molecule has 0 amide bonds. The van der Waals surface area contributed by atoms with Crippen LogP contribution in [0.4, 0.5) is 5.82 Å². The number of pyridine rings is 1. The highest BCUT2D eigenvalue weighted by molar-refractivity contribution is 5.88. The van der Waals surface area contributed by atoms with Gasteiger partial charge in [-0.25, -0.2) is 4.98 Å². The van der Waals surface area contributed by atoms with Gasteiger partial charge in [-0.2, -0.15) is 4.98 Å². The first-order chi connectivity index (χ1) is 15.1. The number of aliphatic hydroxyl groups excluding tert-OH is 1. The Balaban J connectivity index is 1.43. The van der Waals surface area contributed by atoms with Crippen molar-refractivity contribution < 1.29 is 9.63 Å². The maximum Gasteiger partial charge on any atom is 0.261 e. The highest BCUT2D eigenvalue weighted by Gasteiger charge is 2.32. The molecule has 2 fully saturated rings. The Bertz CT molecular complexity index is 1060. The number of hydrogen-bond donors (Lipinski definition) is 2. The van der Waals surface area contributed by atoms with Gasteiger partial charge >= 0.3 is 0 Å². The van der Waals surface area contributed by atoms with Crippen molar-refractivity contribution in [2.45, 2.75) is 70.6 Å². The Morgan fingerprint density at radius 2 is 1.90 bits per heavy atom. The van der Waals surface area contributed by atoms with E-state index in [0.717, 1.165) is 35.2 Å². The zero-order valence-electron chi connectivity index (χ0n) is 18.3. The number of aryl methyl sites for hydroxylation is 2. The van der Waals surface area contributed by atoms with Crippen LogP contribution in [0, 0.1) is 13.8 Å². The number of aliphatic hydroxyl groups is 1. The van der Waals surface area contributed by atoms with Gasteiger partial charge < -0.3 is 19.8 Å². The Labute approximate surface area is 182 Å². The molecule has 0 bridgehead atoms. The average molecular weight is 422 g/mol. The van der Waals surface area contributed by atoms with Crippen molar-refractivity contribution in [3.63, 3.8) is 0 Å². The summed E-state index contributed by atoms with van der Waals surface area (Å²) in [6.45, 7) is 5.25. The van der Waals surface area contributed by atoms with Crippen molar-refractivity contribution in [2.24, 2.45) is 0 Å². The van der Waals surface area contributed by atoms with Crippen LogP contribution in [0.5, 0.6) is 0 Å². The molecule has 3 aromatic rings. The summed E-state index contributed by atoms with van der Waals surface area (Å²) in [7, 11) is 0. The van der Waals surface area contributed by atoms with Crippen molar-refractivity contribution in [2.75, 3.05) is 18.0 Å². The fourth-order valence-electron chi connectivity index (χ4n) is 4.98. The number of anilines is 1. The van der Waals surface area contributed by atoms with Crippen molar-refractivity contribution in [3.05, 3.63) is 35.7 Å². The summed E-state index contributed by atoms with van der Waals surface area (Å²) in [5.74, 6) is 1.87. The van der Waals surface area contributed by atoms with Crippen molar-refractivity contribution in [3.8, 4) is 11.5 Å². The summed E-state index contributed by atoms with van der Waals surface area (Å²) in [6.07, 6.45) is 6.81. The lowest BCUT2D eigenvalue weighted by molar-refractivity contribution is 0.103. The topological polar surface area (TPSA) is 87.3 Å². The van der Waals surface area contributed by atoms with E-state index < -0.39 is 6.10 Å². The fourth-order valence-corrected chi connectivity index (χ4v) is 4.98. The normalized spacial score (nSPS) is 22.9. The zero-order valence-corrected chi connectivity index (χ0v) is 18.3. The molecule has 1 aliphatic heterocycles. The van der Waals surface area contributed by atoms with Crippen LogP contribution >= 0.6 is 0 Å². The minimum atomic E-state index is -0.441.